The molecule has 2 unspecified atom stereocenters. The van der Waals surface area contributed by atoms with Crippen LogP contribution in [0.1, 0.15) is 18.7 Å². The maximum absolute atomic E-state index is 10.6. The summed E-state index contributed by atoms with van der Waals surface area (Å²) in [4.78, 5) is 10.6. The quantitative estimate of drug-likeness (QED) is 0.786. The van der Waals surface area contributed by atoms with Gasteiger partial charge in [-0.15, -0.1) is 0 Å². The smallest absolute Gasteiger partial charge is 0.322 e. The molecule has 0 aromatic carbocycles. The molecule has 0 bridgehead atoms. The number of halogens is 1. The van der Waals surface area contributed by atoms with Crippen molar-refractivity contribution >= 4 is 17.6 Å². The first-order valence-corrected chi connectivity index (χ1v) is 4.51. The van der Waals surface area contributed by atoms with Gasteiger partial charge in [0, 0.05) is 0 Å². The molecule has 3 N–H and O–H groups in total. The van der Waals surface area contributed by atoms with E-state index in [0.717, 1.165) is 5.69 Å². The number of carboxylic acid groups (broad SMARTS) is 1. The third-order valence-electron chi connectivity index (χ3n) is 2.18. The first-order valence-electron chi connectivity index (χ1n) is 4.13. The second kappa shape index (κ2) is 3.98. The largest absolute Gasteiger partial charge is 0.480 e. The fourth-order valence-corrected chi connectivity index (χ4v) is 1.30. The number of rotatable bonds is 3. The van der Waals surface area contributed by atoms with Crippen molar-refractivity contribution < 1.29 is 9.90 Å². The Balaban J connectivity index is 2.94. The van der Waals surface area contributed by atoms with E-state index in [4.69, 9.17) is 22.4 Å². The summed E-state index contributed by atoms with van der Waals surface area (Å²) in [5.41, 5.74) is 6.19. The van der Waals surface area contributed by atoms with Crippen LogP contribution < -0.4 is 5.73 Å². The lowest BCUT2D eigenvalue weighted by atomic mass is 10.1. The van der Waals surface area contributed by atoms with Crippen LogP contribution in [0.15, 0.2) is 6.20 Å². The van der Waals surface area contributed by atoms with Gasteiger partial charge in [0.25, 0.3) is 0 Å². The standard InChI is InChI=1S/C8H12ClN3O2/c1-4-6(9)3-11-12(4)5(2)7(10)8(13)14/h3,5,7H,10H2,1-2H3,(H,13,14). The second-order valence-corrected chi connectivity index (χ2v) is 3.53. The Morgan fingerprint density at radius 2 is 2.36 bits per heavy atom. The molecule has 5 nitrogen and oxygen atoms in total. The van der Waals surface area contributed by atoms with E-state index >= 15 is 0 Å². The van der Waals surface area contributed by atoms with E-state index in [9.17, 15) is 4.79 Å². The molecular weight excluding hydrogens is 206 g/mol. The highest BCUT2D eigenvalue weighted by Crippen LogP contribution is 2.18. The van der Waals surface area contributed by atoms with Crippen molar-refractivity contribution in [2.24, 2.45) is 5.73 Å². The summed E-state index contributed by atoms with van der Waals surface area (Å²) in [5.74, 6) is -1.05. The van der Waals surface area contributed by atoms with E-state index in [1.165, 1.54) is 10.9 Å². The molecule has 2 atom stereocenters. The Bertz CT molecular complexity index is 350. The number of aromatic nitrogens is 2. The summed E-state index contributed by atoms with van der Waals surface area (Å²) >= 11 is 5.79. The Kier molecular flexibility index (Phi) is 3.13. The molecule has 0 saturated carbocycles. The molecule has 0 amide bonds. The summed E-state index contributed by atoms with van der Waals surface area (Å²) < 4.78 is 1.52. The SMILES string of the molecule is Cc1c(Cl)cnn1C(C)C(N)C(=O)O. The monoisotopic (exact) mass is 217 g/mol. The number of nitrogens with two attached hydrogens (primary N) is 1. The highest BCUT2D eigenvalue weighted by molar-refractivity contribution is 6.31. The van der Waals surface area contributed by atoms with Crippen LogP contribution in [0.4, 0.5) is 0 Å². The van der Waals surface area contributed by atoms with Gasteiger partial charge in [-0.05, 0) is 13.8 Å². The number of aliphatic carboxylic acids is 1. The van der Waals surface area contributed by atoms with E-state index in [-0.39, 0.29) is 0 Å². The van der Waals surface area contributed by atoms with E-state index in [1.54, 1.807) is 13.8 Å². The van der Waals surface area contributed by atoms with Crippen LogP contribution in [0.3, 0.4) is 0 Å². The summed E-state index contributed by atoms with van der Waals surface area (Å²) in [6, 6.07) is -1.40. The van der Waals surface area contributed by atoms with Crippen LogP contribution in [-0.2, 0) is 4.79 Å². The van der Waals surface area contributed by atoms with Crippen LogP contribution in [0.25, 0.3) is 0 Å². The third-order valence-corrected chi connectivity index (χ3v) is 2.55. The highest BCUT2D eigenvalue weighted by atomic mass is 35.5. The molecule has 78 valence electrons. The number of hydrogen-bond donors (Lipinski definition) is 2. The van der Waals surface area contributed by atoms with Crippen molar-refractivity contribution in [1.82, 2.24) is 9.78 Å². The Labute approximate surface area is 86.5 Å². The molecule has 0 spiro atoms. The van der Waals surface area contributed by atoms with Gasteiger partial charge in [-0.25, -0.2) is 0 Å². The Morgan fingerprint density at radius 3 is 2.71 bits per heavy atom. The first-order chi connectivity index (χ1) is 6.45. The predicted molar refractivity (Wildman–Crippen MR) is 52.3 cm³/mol. The average molecular weight is 218 g/mol. The summed E-state index contributed by atoms with van der Waals surface area (Å²) in [6.45, 7) is 3.45. The van der Waals surface area contributed by atoms with E-state index < -0.39 is 18.1 Å². The van der Waals surface area contributed by atoms with Crippen LogP contribution >= 0.6 is 11.6 Å². The molecule has 0 saturated heterocycles. The van der Waals surface area contributed by atoms with Crippen molar-refractivity contribution in [2.45, 2.75) is 25.9 Å². The lowest BCUT2D eigenvalue weighted by Gasteiger charge is -2.17. The molecule has 6 heteroatoms. The number of hydrogen-bond acceptors (Lipinski definition) is 3. The summed E-state index contributed by atoms with van der Waals surface area (Å²) in [7, 11) is 0. The van der Waals surface area contributed by atoms with E-state index in [2.05, 4.69) is 5.10 Å². The van der Waals surface area contributed by atoms with Crippen LogP contribution in [0, 0.1) is 6.92 Å². The van der Waals surface area contributed by atoms with Gasteiger partial charge in [-0.1, -0.05) is 11.6 Å². The van der Waals surface area contributed by atoms with Gasteiger partial charge in [0.2, 0.25) is 0 Å². The number of carbonyl (C=O) groups is 1. The first kappa shape index (κ1) is 11.0. The molecule has 0 fully saturated rings. The number of carboxylic acids is 1. The van der Waals surface area contributed by atoms with Crippen LogP contribution in [-0.4, -0.2) is 26.9 Å². The van der Waals surface area contributed by atoms with Crippen LogP contribution in [0.2, 0.25) is 5.02 Å². The molecule has 0 aliphatic rings. The van der Waals surface area contributed by atoms with Crippen molar-refractivity contribution in [3.8, 4) is 0 Å². The van der Waals surface area contributed by atoms with Crippen molar-refractivity contribution in [1.29, 1.82) is 0 Å². The normalized spacial score (nSPS) is 15.1. The molecular formula is C8H12ClN3O2. The van der Waals surface area contributed by atoms with Gasteiger partial charge in [0.1, 0.15) is 6.04 Å². The molecule has 1 rings (SSSR count). The highest BCUT2D eigenvalue weighted by Gasteiger charge is 2.23. The van der Waals surface area contributed by atoms with Gasteiger partial charge in [0.15, 0.2) is 0 Å². The third kappa shape index (κ3) is 1.88. The lowest BCUT2D eigenvalue weighted by molar-refractivity contribution is -0.139. The summed E-state index contributed by atoms with van der Waals surface area (Å²) in [5, 5.41) is 13.2. The molecule has 0 radical (unpaired) electrons. The van der Waals surface area contributed by atoms with Gasteiger partial charge in [0.05, 0.1) is 23.0 Å². The predicted octanol–water partition coefficient (Wildman–Crippen LogP) is 0.818. The van der Waals surface area contributed by atoms with Crippen LogP contribution in [0.5, 0.6) is 0 Å². The van der Waals surface area contributed by atoms with Crippen molar-refractivity contribution in [2.75, 3.05) is 0 Å². The van der Waals surface area contributed by atoms with Crippen molar-refractivity contribution in [3.05, 3.63) is 16.9 Å². The van der Waals surface area contributed by atoms with Gasteiger partial charge in [-0.3, -0.25) is 9.48 Å². The topological polar surface area (TPSA) is 81.1 Å². The number of nitrogens with zero attached hydrogens (tertiary/aromatic N) is 2. The zero-order chi connectivity index (χ0) is 10.9. The molecule has 1 aromatic rings. The lowest BCUT2D eigenvalue weighted by Crippen LogP contribution is -2.38. The maximum Gasteiger partial charge on any atom is 0.322 e. The minimum Gasteiger partial charge on any atom is -0.480 e. The van der Waals surface area contributed by atoms with E-state index in [1.807, 2.05) is 0 Å². The minimum atomic E-state index is -1.05. The van der Waals surface area contributed by atoms with Crippen molar-refractivity contribution in [3.63, 3.8) is 0 Å². The molecule has 1 heterocycles. The fourth-order valence-electron chi connectivity index (χ4n) is 1.17. The Hall–Kier alpha value is -1.07. The Morgan fingerprint density at radius 1 is 1.79 bits per heavy atom. The zero-order valence-corrected chi connectivity index (χ0v) is 8.69. The average Bonchev–Trinajstić information content (AvgIpc) is 2.45. The molecule has 0 aliphatic heterocycles. The van der Waals surface area contributed by atoms with Gasteiger partial charge >= 0.3 is 5.97 Å². The summed E-state index contributed by atoms with van der Waals surface area (Å²) in [6.07, 6.45) is 1.47. The zero-order valence-electron chi connectivity index (χ0n) is 7.94. The molecule has 0 aliphatic carbocycles. The minimum absolute atomic E-state index is 0.417. The molecule has 14 heavy (non-hydrogen) atoms. The van der Waals surface area contributed by atoms with Gasteiger partial charge in [-0.2, -0.15) is 5.10 Å². The molecule has 1 aromatic heterocycles. The second-order valence-electron chi connectivity index (χ2n) is 3.13. The maximum atomic E-state index is 10.6. The fraction of sp³-hybridized carbons (Fsp3) is 0.500. The van der Waals surface area contributed by atoms with Gasteiger partial charge < -0.3 is 10.8 Å². The van der Waals surface area contributed by atoms with E-state index in [0.29, 0.717) is 5.02 Å².